The summed E-state index contributed by atoms with van der Waals surface area (Å²) in [4.78, 5) is 24.3. The predicted octanol–water partition coefficient (Wildman–Crippen LogP) is 2.66. The minimum absolute atomic E-state index is 0.141. The van der Waals surface area contributed by atoms with Gasteiger partial charge in [-0.2, -0.15) is 0 Å². The number of benzene rings is 1. The normalized spacial score (nSPS) is 12.2. The number of carbonyl (C=O) groups is 1. The van der Waals surface area contributed by atoms with Crippen LogP contribution >= 0.6 is 0 Å². The second-order valence-electron chi connectivity index (χ2n) is 6.41. The van der Waals surface area contributed by atoms with E-state index in [4.69, 9.17) is 4.74 Å². The highest BCUT2D eigenvalue weighted by Gasteiger charge is 2.17. The smallest absolute Gasteiger partial charge is 0.252 e. The van der Waals surface area contributed by atoms with Gasteiger partial charge in [0.25, 0.3) is 11.5 Å². The monoisotopic (exact) mass is 342 g/mol. The molecular weight excluding hydrogens is 316 g/mol. The number of methoxy groups -OCH3 is 1. The van der Waals surface area contributed by atoms with Gasteiger partial charge < -0.3 is 14.6 Å². The minimum Gasteiger partial charge on any atom is -0.383 e. The fourth-order valence-electron chi connectivity index (χ4n) is 2.77. The van der Waals surface area contributed by atoms with E-state index in [1.165, 1.54) is 16.2 Å². The number of rotatable bonds is 8. The molecule has 5 nitrogen and oxygen atoms in total. The van der Waals surface area contributed by atoms with Gasteiger partial charge in [0.15, 0.2) is 0 Å². The standard InChI is InChI=1S/C20H26N2O3/c1-15(2)18(16-7-5-4-6-8-16)13-21-20(24)17-9-10-19(23)22(14-17)11-12-25-3/h4-10,14-15,18H,11-13H2,1-3H3,(H,21,24)/t18-/m1/s1. The highest BCUT2D eigenvalue weighted by Crippen LogP contribution is 2.23. The molecule has 1 aromatic carbocycles. The third-order valence-electron chi connectivity index (χ3n) is 4.30. The largest absolute Gasteiger partial charge is 0.383 e. The quantitative estimate of drug-likeness (QED) is 0.802. The summed E-state index contributed by atoms with van der Waals surface area (Å²) in [6, 6.07) is 13.2. The van der Waals surface area contributed by atoms with Crippen LogP contribution in [0.4, 0.5) is 0 Å². The lowest BCUT2D eigenvalue weighted by Crippen LogP contribution is -2.31. The highest BCUT2D eigenvalue weighted by atomic mass is 16.5. The van der Waals surface area contributed by atoms with Crippen molar-refractivity contribution in [3.05, 3.63) is 70.1 Å². The molecule has 0 bridgehead atoms. The molecule has 1 heterocycles. The molecule has 25 heavy (non-hydrogen) atoms. The van der Waals surface area contributed by atoms with Gasteiger partial charge in [-0.1, -0.05) is 44.2 Å². The Balaban J connectivity index is 2.07. The zero-order valence-electron chi connectivity index (χ0n) is 15.1. The van der Waals surface area contributed by atoms with Crippen molar-refractivity contribution >= 4 is 5.91 Å². The SMILES string of the molecule is COCCn1cc(C(=O)NC[C@@H](c2ccccc2)C(C)C)ccc1=O. The van der Waals surface area contributed by atoms with Crippen LogP contribution in [-0.2, 0) is 11.3 Å². The van der Waals surface area contributed by atoms with Crippen LogP contribution in [0.15, 0.2) is 53.5 Å². The zero-order chi connectivity index (χ0) is 18.2. The predicted molar refractivity (Wildman–Crippen MR) is 98.9 cm³/mol. The molecular formula is C20H26N2O3. The van der Waals surface area contributed by atoms with Gasteiger partial charge in [-0.3, -0.25) is 9.59 Å². The minimum atomic E-state index is -0.173. The molecule has 0 aliphatic rings. The molecule has 0 saturated carbocycles. The molecule has 0 radical (unpaired) electrons. The Morgan fingerprint density at radius 3 is 2.52 bits per heavy atom. The van der Waals surface area contributed by atoms with Crippen LogP contribution in [-0.4, -0.2) is 30.7 Å². The van der Waals surface area contributed by atoms with Gasteiger partial charge >= 0.3 is 0 Å². The van der Waals surface area contributed by atoms with E-state index in [9.17, 15) is 9.59 Å². The van der Waals surface area contributed by atoms with E-state index in [1.54, 1.807) is 19.4 Å². The van der Waals surface area contributed by atoms with E-state index in [1.807, 2.05) is 18.2 Å². The first-order valence-corrected chi connectivity index (χ1v) is 8.55. The van der Waals surface area contributed by atoms with E-state index in [0.29, 0.717) is 31.2 Å². The van der Waals surface area contributed by atoms with Crippen molar-refractivity contribution in [2.45, 2.75) is 26.3 Å². The van der Waals surface area contributed by atoms with Gasteiger partial charge in [0.1, 0.15) is 0 Å². The summed E-state index contributed by atoms with van der Waals surface area (Å²) in [5, 5.41) is 3.00. The van der Waals surface area contributed by atoms with Gasteiger partial charge in [-0.15, -0.1) is 0 Å². The molecule has 5 heteroatoms. The Morgan fingerprint density at radius 2 is 1.88 bits per heavy atom. The Bertz CT molecular complexity index is 738. The van der Waals surface area contributed by atoms with Gasteiger partial charge in [0.05, 0.1) is 12.2 Å². The molecule has 134 valence electrons. The fraction of sp³-hybridized carbons (Fsp3) is 0.400. The number of carbonyl (C=O) groups excluding carboxylic acids is 1. The van der Waals surface area contributed by atoms with Crippen LogP contribution < -0.4 is 10.9 Å². The van der Waals surface area contributed by atoms with Crippen LogP contribution in [0.25, 0.3) is 0 Å². The van der Waals surface area contributed by atoms with Crippen LogP contribution in [0.5, 0.6) is 0 Å². The number of pyridine rings is 1. The van der Waals surface area contributed by atoms with E-state index in [0.717, 1.165) is 0 Å². The van der Waals surface area contributed by atoms with E-state index in [2.05, 4.69) is 31.3 Å². The Kier molecular flexibility index (Phi) is 6.95. The first-order chi connectivity index (χ1) is 12.0. The van der Waals surface area contributed by atoms with E-state index >= 15 is 0 Å². The molecule has 1 atom stereocenters. The maximum Gasteiger partial charge on any atom is 0.252 e. The second kappa shape index (κ2) is 9.18. The number of aromatic nitrogens is 1. The molecule has 1 amide bonds. The number of hydrogen-bond donors (Lipinski definition) is 1. The van der Waals surface area contributed by atoms with Crippen molar-refractivity contribution < 1.29 is 9.53 Å². The van der Waals surface area contributed by atoms with Crippen molar-refractivity contribution in [1.29, 1.82) is 0 Å². The molecule has 1 aromatic heterocycles. The lowest BCUT2D eigenvalue weighted by Gasteiger charge is -2.22. The third-order valence-corrected chi connectivity index (χ3v) is 4.30. The maximum absolute atomic E-state index is 12.5. The zero-order valence-corrected chi connectivity index (χ0v) is 15.1. The summed E-state index contributed by atoms with van der Waals surface area (Å²) in [7, 11) is 1.58. The van der Waals surface area contributed by atoms with Crippen LogP contribution in [0.1, 0.15) is 35.7 Å². The van der Waals surface area contributed by atoms with Gasteiger partial charge in [-0.05, 0) is 17.5 Å². The first-order valence-electron chi connectivity index (χ1n) is 8.55. The van der Waals surface area contributed by atoms with Crippen molar-refractivity contribution in [2.24, 2.45) is 5.92 Å². The van der Waals surface area contributed by atoms with Gasteiger partial charge in [0.2, 0.25) is 0 Å². The van der Waals surface area contributed by atoms with Crippen molar-refractivity contribution in [3.8, 4) is 0 Å². The first kappa shape index (κ1) is 18.9. The molecule has 1 N–H and O–H groups in total. The maximum atomic E-state index is 12.5. The lowest BCUT2D eigenvalue weighted by molar-refractivity contribution is 0.0948. The van der Waals surface area contributed by atoms with Gasteiger partial charge in [0, 0.05) is 38.4 Å². The van der Waals surface area contributed by atoms with E-state index in [-0.39, 0.29) is 17.4 Å². The Labute approximate surface area is 148 Å². The highest BCUT2D eigenvalue weighted by molar-refractivity contribution is 5.93. The fourth-order valence-corrected chi connectivity index (χ4v) is 2.77. The number of amides is 1. The van der Waals surface area contributed by atoms with Crippen LogP contribution in [0, 0.1) is 5.92 Å². The third kappa shape index (κ3) is 5.29. The molecule has 0 saturated heterocycles. The summed E-state index contributed by atoms with van der Waals surface area (Å²) in [5.74, 6) is 0.468. The van der Waals surface area contributed by atoms with Crippen molar-refractivity contribution in [3.63, 3.8) is 0 Å². The van der Waals surface area contributed by atoms with Crippen LogP contribution in [0.3, 0.4) is 0 Å². The van der Waals surface area contributed by atoms with E-state index < -0.39 is 0 Å². The molecule has 2 aromatic rings. The summed E-state index contributed by atoms with van der Waals surface area (Å²) < 4.78 is 6.49. The van der Waals surface area contributed by atoms with Gasteiger partial charge in [-0.25, -0.2) is 0 Å². The lowest BCUT2D eigenvalue weighted by atomic mass is 9.88. The number of nitrogens with zero attached hydrogens (tertiary/aromatic N) is 1. The summed E-state index contributed by atoms with van der Waals surface area (Å²) in [6.07, 6.45) is 1.59. The molecule has 0 aliphatic heterocycles. The average molecular weight is 342 g/mol. The van der Waals surface area contributed by atoms with Crippen LogP contribution in [0.2, 0.25) is 0 Å². The Morgan fingerprint density at radius 1 is 1.16 bits per heavy atom. The Hall–Kier alpha value is -2.40. The number of nitrogens with one attached hydrogen (secondary N) is 1. The molecule has 0 spiro atoms. The molecule has 0 unspecified atom stereocenters. The summed E-state index contributed by atoms with van der Waals surface area (Å²) in [5.41, 5.74) is 1.55. The topological polar surface area (TPSA) is 60.3 Å². The average Bonchev–Trinajstić information content (AvgIpc) is 2.61. The summed E-state index contributed by atoms with van der Waals surface area (Å²) >= 11 is 0. The molecule has 0 aliphatic carbocycles. The number of ether oxygens (including phenoxy) is 1. The second-order valence-corrected chi connectivity index (χ2v) is 6.41. The number of hydrogen-bond acceptors (Lipinski definition) is 3. The van der Waals surface area contributed by atoms with Crippen molar-refractivity contribution in [2.75, 3.05) is 20.3 Å². The van der Waals surface area contributed by atoms with Crippen molar-refractivity contribution in [1.82, 2.24) is 9.88 Å². The molecule has 0 fully saturated rings. The summed E-state index contributed by atoms with van der Waals surface area (Å²) in [6.45, 7) is 5.70. The molecule has 2 rings (SSSR count).